The summed E-state index contributed by atoms with van der Waals surface area (Å²) in [5, 5.41) is 17.6. The Morgan fingerprint density at radius 3 is 1.07 bits per heavy atom. The minimum Gasteiger partial charge on any atom is -0.465 e. The number of hydrogen-bond acceptors (Lipinski definition) is 23. The first-order valence-corrected chi connectivity index (χ1v) is 39.4. The molecular formula is C73H141N5O21S. The predicted molar refractivity (Wildman–Crippen MR) is 389 cm³/mol. The lowest BCUT2D eigenvalue weighted by Crippen LogP contribution is -2.54. The Kier molecular flexibility index (Phi) is 74.1. The number of aliphatic hydroxyl groups excluding tert-OH is 1. The molecule has 4 amide bonds. The molecular weight excluding hydrogens is 1310 g/mol. The van der Waals surface area contributed by atoms with E-state index in [1.165, 1.54) is 134 Å². The third kappa shape index (κ3) is 69.0. The van der Waals surface area contributed by atoms with Crippen molar-refractivity contribution >= 4 is 47.3 Å². The van der Waals surface area contributed by atoms with Crippen LogP contribution in [0.25, 0.3) is 0 Å². The van der Waals surface area contributed by atoms with Crippen LogP contribution in [0.5, 0.6) is 0 Å². The van der Waals surface area contributed by atoms with Gasteiger partial charge in [0.05, 0.1) is 196 Å². The zero-order valence-corrected chi connectivity index (χ0v) is 63.4. The van der Waals surface area contributed by atoms with Gasteiger partial charge in [-0.25, -0.2) is 0 Å². The fraction of sp³-hybridized carbons (Fsp3) is 0.918. The number of aliphatic hydroxyl groups is 1. The van der Waals surface area contributed by atoms with Crippen molar-refractivity contribution in [2.45, 2.75) is 226 Å². The van der Waals surface area contributed by atoms with E-state index in [9.17, 15) is 33.9 Å². The molecule has 0 radical (unpaired) electrons. The van der Waals surface area contributed by atoms with E-state index in [1.807, 2.05) is 13.8 Å². The normalized spacial score (nSPS) is 13.0. The van der Waals surface area contributed by atoms with E-state index in [2.05, 4.69) is 29.8 Å². The van der Waals surface area contributed by atoms with E-state index in [1.54, 1.807) is 0 Å². The molecule has 26 nitrogen and oxygen atoms in total. The lowest BCUT2D eigenvalue weighted by Gasteiger charge is -2.22. The highest BCUT2D eigenvalue weighted by molar-refractivity contribution is 7.99. The Hall–Kier alpha value is -3.39. The molecule has 0 fully saturated rings. The highest BCUT2D eigenvalue weighted by Crippen LogP contribution is 2.20. The van der Waals surface area contributed by atoms with E-state index in [-0.39, 0.29) is 81.4 Å². The van der Waals surface area contributed by atoms with Crippen LogP contribution in [0.4, 0.5) is 0 Å². The minimum atomic E-state index is -1.22. The monoisotopic (exact) mass is 1460 g/mol. The number of hydrogen-bond donors (Lipinski definition) is 6. The molecule has 100 heavy (non-hydrogen) atoms. The molecule has 8 N–H and O–H groups in total. The summed E-state index contributed by atoms with van der Waals surface area (Å²) < 4.78 is 77.7. The number of amides is 4. The molecule has 27 heteroatoms. The van der Waals surface area contributed by atoms with Gasteiger partial charge in [0, 0.05) is 30.9 Å². The van der Waals surface area contributed by atoms with Crippen LogP contribution in [0.1, 0.15) is 207 Å². The first kappa shape index (κ1) is 96.6. The van der Waals surface area contributed by atoms with Crippen LogP contribution in [0, 0.1) is 11.8 Å². The molecule has 0 rings (SSSR count). The molecule has 2 unspecified atom stereocenters. The highest BCUT2D eigenvalue weighted by atomic mass is 32.2. The quantitative estimate of drug-likeness (QED) is 0.0247. The minimum absolute atomic E-state index is 0.105. The van der Waals surface area contributed by atoms with Crippen LogP contribution >= 0.6 is 11.8 Å². The fourth-order valence-corrected chi connectivity index (χ4v) is 11.0. The number of unbranched alkanes of at least 4 members (excludes halogenated alkanes) is 22. The Labute approximate surface area is 606 Å². The van der Waals surface area contributed by atoms with Gasteiger partial charge in [-0.1, -0.05) is 182 Å². The third-order valence-corrected chi connectivity index (χ3v) is 17.3. The Morgan fingerprint density at radius 1 is 0.390 bits per heavy atom. The zero-order valence-electron chi connectivity index (χ0n) is 62.6. The molecule has 0 aromatic carbocycles. The summed E-state index contributed by atoms with van der Waals surface area (Å²) >= 11 is 1.34. The second-order valence-corrected chi connectivity index (χ2v) is 26.3. The number of thioether (sulfide) groups is 1. The number of ether oxygens (including phenoxy) is 14. The SMILES string of the molecule is CCCCCCCCCCCCCCC(C)C(=O)OCC[C@H](CSC[C@H](N)C(=O)N[C@@H](CO)C(=O)NCCOCCOCCOCCOCCOCCOCCOCCOCCOCCOCCOCCOCCC(=O)NCC(N)=O)OC(=O)C(C)CCCCCCCCCCCCCC. The molecule has 5 atom stereocenters. The number of carbonyl (C=O) groups is 6. The van der Waals surface area contributed by atoms with Crippen LogP contribution < -0.4 is 27.4 Å². The molecule has 0 saturated carbocycles. The van der Waals surface area contributed by atoms with Crippen molar-refractivity contribution < 1.29 is 100 Å². The molecule has 0 aliphatic rings. The van der Waals surface area contributed by atoms with Crippen molar-refractivity contribution in [2.75, 3.05) is 196 Å². The van der Waals surface area contributed by atoms with E-state index in [4.69, 9.17) is 77.8 Å². The van der Waals surface area contributed by atoms with Gasteiger partial charge >= 0.3 is 11.9 Å². The largest absolute Gasteiger partial charge is 0.465 e. The van der Waals surface area contributed by atoms with Crippen molar-refractivity contribution in [3.63, 3.8) is 0 Å². The lowest BCUT2D eigenvalue weighted by atomic mass is 10.0. The smallest absolute Gasteiger partial charge is 0.308 e. The first-order chi connectivity index (χ1) is 48.9. The molecule has 590 valence electrons. The maximum atomic E-state index is 13.4. The van der Waals surface area contributed by atoms with Gasteiger partial charge in [0.15, 0.2) is 0 Å². The van der Waals surface area contributed by atoms with Crippen LogP contribution in [-0.4, -0.2) is 255 Å². The average molecular weight is 1460 g/mol. The van der Waals surface area contributed by atoms with Gasteiger partial charge in [-0.15, -0.1) is 0 Å². The maximum absolute atomic E-state index is 13.4. The van der Waals surface area contributed by atoms with Gasteiger partial charge in [-0.05, 0) is 12.8 Å². The van der Waals surface area contributed by atoms with Crippen LogP contribution in [0.15, 0.2) is 0 Å². The maximum Gasteiger partial charge on any atom is 0.308 e. The highest BCUT2D eigenvalue weighted by Gasteiger charge is 2.26. The summed E-state index contributed by atoms with van der Waals surface area (Å²) in [4.78, 5) is 74.5. The van der Waals surface area contributed by atoms with Gasteiger partial charge in [0.2, 0.25) is 23.6 Å². The van der Waals surface area contributed by atoms with Crippen molar-refractivity contribution in [3.05, 3.63) is 0 Å². The van der Waals surface area contributed by atoms with Gasteiger partial charge < -0.3 is 98.8 Å². The standard InChI is InChI=1S/C73H141N5O21S/c1-5-7-9-11-13-15-17-19-21-23-25-27-29-63(3)72(84)98-35-31-65(99-73(85)64(4)30-28-26-24-22-20-18-16-14-12-10-8-6-2)61-100-62-66(74)70(82)78-67(60-79)71(83)76-33-36-87-38-40-89-42-44-91-46-48-93-50-52-95-54-56-97-58-57-96-55-53-94-51-49-92-47-45-90-43-41-88-39-37-86-34-32-69(81)77-59-68(75)80/h63-67,79H,5-62,74H2,1-4H3,(H2,75,80)(H,76,83)(H,77,81)(H,78,82)/t63?,64?,65-,66+,67+/m1/s1. The molecule has 0 heterocycles. The van der Waals surface area contributed by atoms with E-state index >= 15 is 0 Å². The summed E-state index contributed by atoms with van der Waals surface area (Å²) in [5.41, 5.74) is 11.2. The molecule has 0 bridgehead atoms. The number of nitrogens with one attached hydrogen (secondary N) is 3. The zero-order chi connectivity index (χ0) is 73.1. The van der Waals surface area contributed by atoms with Gasteiger partial charge in [0.25, 0.3) is 0 Å². The average Bonchev–Trinajstić information content (AvgIpc) is 0.953. The second kappa shape index (κ2) is 76.7. The summed E-state index contributed by atoms with van der Waals surface area (Å²) in [7, 11) is 0. The summed E-state index contributed by atoms with van der Waals surface area (Å²) in [6.07, 6.45) is 31.4. The first-order valence-electron chi connectivity index (χ1n) is 38.2. The Bertz CT molecular complexity index is 1860. The van der Waals surface area contributed by atoms with Crippen molar-refractivity contribution in [1.29, 1.82) is 0 Å². The van der Waals surface area contributed by atoms with Crippen LogP contribution in [0.3, 0.4) is 0 Å². The predicted octanol–water partition coefficient (Wildman–Crippen LogP) is 8.13. The molecule has 0 aromatic rings. The summed E-state index contributed by atoms with van der Waals surface area (Å²) in [6, 6.07) is -2.24. The van der Waals surface area contributed by atoms with Crippen molar-refractivity contribution in [3.8, 4) is 0 Å². The van der Waals surface area contributed by atoms with Gasteiger partial charge in [-0.2, -0.15) is 11.8 Å². The number of esters is 2. The number of carbonyl (C=O) groups excluding carboxylic acids is 6. The van der Waals surface area contributed by atoms with Gasteiger partial charge in [0.1, 0.15) is 12.1 Å². The van der Waals surface area contributed by atoms with E-state index in [0.717, 1.165) is 44.9 Å². The van der Waals surface area contributed by atoms with Crippen LogP contribution in [-0.2, 0) is 95.1 Å². The molecule has 0 spiro atoms. The molecule has 0 aromatic heterocycles. The summed E-state index contributed by atoms with van der Waals surface area (Å²) in [6.45, 7) is 17.2. The van der Waals surface area contributed by atoms with Gasteiger partial charge in [-0.3, -0.25) is 28.8 Å². The third-order valence-electron chi connectivity index (χ3n) is 16.1. The summed E-state index contributed by atoms with van der Waals surface area (Å²) in [5.74, 6) is -2.64. The second-order valence-electron chi connectivity index (χ2n) is 25.2. The van der Waals surface area contributed by atoms with Crippen molar-refractivity contribution in [2.24, 2.45) is 23.3 Å². The topological polar surface area (TPSA) is 340 Å². The molecule has 0 aliphatic heterocycles. The Morgan fingerprint density at radius 2 is 0.720 bits per heavy atom. The molecule has 0 saturated heterocycles. The number of rotatable bonds is 81. The van der Waals surface area contributed by atoms with Crippen LogP contribution in [0.2, 0.25) is 0 Å². The van der Waals surface area contributed by atoms with E-state index < -0.39 is 42.5 Å². The van der Waals surface area contributed by atoms with E-state index in [0.29, 0.717) is 151 Å². The Balaban J connectivity index is 4.16. The lowest BCUT2D eigenvalue weighted by molar-refractivity contribution is -0.155. The molecule has 0 aliphatic carbocycles. The fourth-order valence-electron chi connectivity index (χ4n) is 9.91. The number of primary amides is 1. The number of nitrogens with two attached hydrogens (primary N) is 2. The van der Waals surface area contributed by atoms with Crippen molar-refractivity contribution in [1.82, 2.24) is 16.0 Å².